The van der Waals surface area contributed by atoms with E-state index in [0.717, 1.165) is 12.8 Å². The average molecular weight is 288 g/mol. The molecule has 2 amide bonds. The number of urea groups is 1. The Kier molecular flexibility index (Phi) is 6.74. The van der Waals surface area contributed by atoms with Crippen molar-refractivity contribution in [3.63, 3.8) is 0 Å². The van der Waals surface area contributed by atoms with Gasteiger partial charge in [-0.3, -0.25) is 4.79 Å². The predicted molar refractivity (Wildman–Crippen MR) is 72.5 cm³/mol. The standard InChI is InChI=1S/C13H24N2O5/c1-20-9-7-15(6-8-16)12(19)14-13(10-11(17)18)4-2-3-5-13/h16H,2-10H2,1H3,(H,14,19)(H,17,18). The number of nitrogens with zero attached hydrogens (tertiary/aromatic N) is 1. The number of nitrogens with one attached hydrogen (secondary N) is 1. The second-order valence-electron chi connectivity index (χ2n) is 5.19. The molecular weight excluding hydrogens is 264 g/mol. The minimum absolute atomic E-state index is 0.0595. The van der Waals surface area contributed by atoms with Crippen molar-refractivity contribution in [1.29, 1.82) is 0 Å². The normalized spacial score (nSPS) is 16.9. The first-order valence-corrected chi connectivity index (χ1v) is 6.92. The molecule has 20 heavy (non-hydrogen) atoms. The Labute approximate surface area is 118 Å². The lowest BCUT2D eigenvalue weighted by Gasteiger charge is -2.32. The summed E-state index contributed by atoms with van der Waals surface area (Å²) < 4.78 is 4.93. The molecule has 0 heterocycles. The fraction of sp³-hybridized carbons (Fsp3) is 0.846. The first-order chi connectivity index (χ1) is 9.53. The highest BCUT2D eigenvalue weighted by Gasteiger charge is 2.38. The number of carboxylic acid groups (broad SMARTS) is 1. The van der Waals surface area contributed by atoms with Crippen molar-refractivity contribution < 1.29 is 24.5 Å². The summed E-state index contributed by atoms with van der Waals surface area (Å²) in [5, 5.41) is 20.9. The predicted octanol–water partition coefficient (Wildman–Crippen LogP) is 0.424. The lowest BCUT2D eigenvalue weighted by atomic mass is 9.93. The van der Waals surface area contributed by atoms with Gasteiger partial charge in [0.15, 0.2) is 0 Å². The van der Waals surface area contributed by atoms with E-state index >= 15 is 0 Å². The van der Waals surface area contributed by atoms with Crippen LogP contribution in [0.3, 0.4) is 0 Å². The molecule has 0 bridgehead atoms. The minimum Gasteiger partial charge on any atom is -0.481 e. The summed E-state index contributed by atoms with van der Waals surface area (Å²) in [5.41, 5.74) is -0.649. The molecule has 0 aromatic heterocycles. The first kappa shape index (κ1) is 16.7. The zero-order chi connectivity index (χ0) is 15.0. The van der Waals surface area contributed by atoms with Crippen molar-refractivity contribution in [1.82, 2.24) is 10.2 Å². The van der Waals surface area contributed by atoms with Crippen LogP contribution >= 0.6 is 0 Å². The number of carbonyl (C=O) groups excluding carboxylic acids is 1. The van der Waals surface area contributed by atoms with Gasteiger partial charge in [0.2, 0.25) is 0 Å². The number of hydrogen-bond donors (Lipinski definition) is 3. The third-order valence-corrected chi connectivity index (χ3v) is 3.64. The molecule has 1 saturated carbocycles. The Morgan fingerprint density at radius 2 is 1.95 bits per heavy atom. The first-order valence-electron chi connectivity index (χ1n) is 6.92. The van der Waals surface area contributed by atoms with Gasteiger partial charge in [-0.15, -0.1) is 0 Å². The second-order valence-corrected chi connectivity index (χ2v) is 5.19. The van der Waals surface area contributed by atoms with E-state index in [1.807, 2.05) is 0 Å². The Bertz CT molecular complexity index is 329. The van der Waals surface area contributed by atoms with Crippen LogP contribution in [-0.4, -0.2) is 66.1 Å². The van der Waals surface area contributed by atoms with Gasteiger partial charge in [0, 0.05) is 20.2 Å². The van der Waals surface area contributed by atoms with E-state index in [0.29, 0.717) is 26.0 Å². The molecule has 1 aliphatic rings. The maximum atomic E-state index is 12.2. The Morgan fingerprint density at radius 1 is 1.30 bits per heavy atom. The van der Waals surface area contributed by atoms with E-state index in [1.54, 1.807) is 0 Å². The number of hydrogen-bond acceptors (Lipinski definition) is 4. The number of rotatable bonds is 8. The summed E-state index contributed by atoms with van der Waals surface area (Å²) in [4.78, 5) is 24.7. The van der Waals surface area contributed by atoms with Gasteiger partial charge in [-0.2, -0.15) is 0 Å². The molecule has 0 aliphatic heterocycles. The molecule has 116 valence electrons. The van der Waals surface area contributed by atoms with Gasteiger partial charge in [-0.05, 0) is 12.8 Å². The maximum Gasteiger partial charge on any atom is 0.318 e. The number of aliphatic hydroxyl groups excluding tert-OH is 1. The topological polar surface area (TPSA) is 99.1 Å². The van der Waals surface area contributed by atoms with E-state index in [-0.39, 0.29) is 25.6 Å². The van der Waals surface area contributed by atoms with Crippen LogP contribution in [-0.2, 0) is 9.53 Å². The highest BCUT2D eigenvalue weighted by Crippen LogP contribution is 2.32. The molecule has 0 aromatic rings. The largest absolute Gasteiger partial charge is 0.481 e. The van der Waals surface area contributed by atoms with Crippen LogP contribution in [0.2, 0.25) is 0 Å². The Hall–Kier alpha value is -1.34. The van der Waals surface area contributed by atoms with Crippen LogP contribution in [0.5, 0.6) is 0 Å². The Balaban J connectivity index is 2.65. The third kappa shape index (κ3) is 4.97. The van der Waals surface area contributed by atoms with Crippen LogP contribution in [0, 0.1) is 0 Å². The van der Waals surface area contributed by atoms with Gasteiger partial charge >= 0.3 is 12.0 Å². The molecule has 1 aliphatic carbocycles. The SMILES string of the molecule is COCCN(CCO)C(=O)NC1(CC(=O)O)CCCC1. The molecule has 3 N–H and O–H groups in total. The fourth-order valence-corrected chi connectivity index (χ4v) is 2.63. The molecule has 0 radical (unpaired) electrons. The average Bonchev–Trinajstić information content (AvgIpc) is 2.81. The number of carbonyl (C=O) groups is 2. The smallest absolute Gasteiger partial charge is 0.318 e. The van der Waals surface area contributed by atoms with Gasteiger partial charge in [-0.1, -0.05) is 12.8 Å². The summed E-state index contributed by atoms with van der Waals surface area (Å²) in [5.74, 6) is -0.905. The maximum absolute atomic E-state index is 12.2. The van der Waals surface area contributed by atoms with E-state index in [4.69, 9.17) is 14.9 Å². The lowest BCUT2D eigenvalue weighted by molar-refractivity contribution is -0.138. The van der Waals surface area contributed by atoms with Crippen LogP contribution in [0.4, 0.5) is 4.79 Å². The fourth-order valence-electron chi connectivity index (χ4n) is 2.63. The molecular formula is C13H24N2O5. The molecule has 0 unspecified atom stereocenters. The van der Waals surface area contributed by atoms with Crippen molar-refractivity contribution in [2.75, 3.05) is 33.4 Å². The summed E-state index contributed by atoms with van der Waals surface area (Å²) in [6, 6.07) is -0.334. The minimum atomic E-state index is -0.905. The number of aliphatic hydroxyl groups is 1. The van der Waals surface area contributed by atoms with Gasteiger partial charge < -0.3 is 25.2 Å². The molecule has 1 rings (SSSR count). The number of methoxy groups -OCH3 is 1. The summed E-state index contributed by atoms with van der Waals surface area (Å²) in [6.45, 7) is 0.812. The van der Waals surface area contributed by atoms with Gasteiger partial charge in [-0.25, -0.2) is 4.79 Å². The van der Waals surface area contributed by atoms with Crippen molar-refractivity contribution in [2.24, 2.45) is 0 Å². The van der Waals surface area contributed by atoms with E-state index < -0.39 is 11.5 Å². The third-order valence-electron chi connectivity index (χ3n) is 3.64. The van der Waals surface area contributed by atoms with Crippen molar-refractivity contribution >= 4 is 12.0 Å². The van der Waals surface area contributed by atoms with Crippen LogP contribution < -0.4 is 5.32 Å². The summed E-state index contributed by atoms with van der Waals surface area (Å²) in [6.07, 6.45) is 3.15. The van der Waals surface area contributed by atoms with E-state index in [1.165, 1.54) is 12.0 Å². The lowest BCUT2D eigenvalue weighted by Crippen LogP contribution is -2.54. The van der Waals surface area contributed by atoms with Crippen molar-refractivity contribution in [2.45, 2.75) is 37.6 Å². The van der Waals surface area contributed by atoms with E-state index in [2.05, 4.69) is 5.32 Å². The summed E-state index contributed by atoms with van der Waals surface area (Å²) >= 11 is 0. The molecule has 1 fully saturated rings. The summed E-state index contributed by atoms with van der Waals surface area (Å²) in [7, 11) is 1.54. The number of carboxylic acids is 1. The van der Waals surface area contributed by atoms with Crippen molar-refractivity contribution in [3.8, 4) is 0 Å². The monoisotopic (exact) mass is 288 g/mol. The number of aliphatic carboxylic acids is 1. The highest BCUT2D eigenvalue weighted by atomic mass is 16.5. The molecule has 0 atom stereocenters. The van der Waals surface area contributed by atoms with Crippen LogP contribution in [0.1, 0.15) is 32.1 Å². The quantitative estimate of drug-likeness (QED) is 0.601. The molecule has 0 aromatic carbocycles. The Morgan fingerprint density at radius 3 is 2.45 bits per heavy atom. The van der Waals surface area contributed by atoms with Crippen LogP contribution in [0.15, 0.2) is 0 Å². The molecule has 0 spiro atoms. The second kappa shape index (κ2) is 8.06. The van der Waals surface area contributed by atoms with E-state index in [9.17, 15) is 9.59 Å². The van der Waals surface area contributed by atoms with Gasteiger partial charge in [0.25, 0.3) is 0 Å². The highest BCUT2D eigenvalue weighted by molar-refractivity contribution is 5.77. The van der Waals surface area contributed by atoms with Crippen molar-refractivity contribution in [3.05, 3.63) is 0 Å². The molecule has 7 heteroatoms. The van der Waals surface area contributed by atoms with Gasteiger partial charge in [0.1, 0.15) is 0 Å². The zero-order valence-corrected chi connectivity index (χ0v) is 11.9. The van der Waals surface area contributed by atoms with Crippen LogP contribution in [0.25, 0.3) is 0 Å². The molecule has 7 nitrogen and oxygen atoms in total. The molecule has 0 saturated heterocycles. The number of ether oxygens (including phenoxy) is 1. The number of amides is 2. The van der Waals surface area contributed by atoms with Gasteiger partial charge in [0.05, 0.1) is 25.2 Å². The zero-order valence-electron chi connectivity index (χ0n) is 11.9.